The number of amides is 2. The molecule has 1 spiro atoms. The Morgan fingerprint density at radius 2 is 1.92 bits per heavy atom. The molecular formula is C20H26N2O3. The van der Waals surface area contributed by atoms with Gasteiger partial charge in [-0.2, -0.15) is 0 Å². The molecule has 5 nitrogen and oxygen atoms in total. The summed E-state index contributed by atoms with van der Waals surface area (Å²) in [6.07, 6.45) is 4.15. The van der Waals surface area contributed by atoms with Gasteiger partial charge in [-0.1, -0.05) is 30.3 Å². The quantitative estimate of drug-likeness (QED) is 0.828. The van der Waals surface area contributed by atoms with Crippen molar-refractivity contribution in [3.8, 4) is 0 Å². The molecule has 0 aliphatic carbocycles. The molecule has 5 heteroatoms. The Balaban J connectivity index is 1.45. The topological polar surface area (TPSA) is 49.9 Å². The minimum absolute atomic E-state index is 0.0494. The van der Waals surface area contributed by atoms with Gasteiger partial charge < -0.3 is 14.5 Å². The maximum atomic E-state index is 12.8. The normalized spacial score (nSPS) is 28.8. The Bertz CT molecular complexity index is 646. The van der Waals surface area contributed by atoms with Crippen molar-refractivity contribution in [3.63, 3.8) is 0 Å². The first-order valence-electron chi connectivity index (χ1n) is 9.34. The van der Waals surface area contributed by atoms with Crippen molar-refractivity contribution in [1.29, 1.82) is 0 Å². The van der Waals surface area contributed by atoms with Gasteiger partial charge in [0.05, 0.1) is 5.92 Å². The SMILES string of the molecule is CN1C(=O)[C@H](c2ccccc2)CC12CCN(C(=O)[C@H]1CCCO1)CC2. The monoisotopic (exact) mass is 342 g/mol. The number of carbonyl (C=O) groups is 2. The molecule has 0 saturated carbocycles. The first-order chi connectivity index (χ1) is 12.1. The standard InChI is InChI=1S/C20H26N2O3/c1-21-18(23)16(15-6-3-2-4-7-15)14-20(21)9-11-22(12-10-20)19(24)17-8-5-13-25-17/h2-4,6-7,16-17H,5,8-14H2,1H3/t16-,17+/m0/s1. The first kappa shape index (κ1) is 16.6. The largest absolute Gasteiger partial charge is 0.368 e. The number of benzene rings is 1. The van der Waals surface area contributed by atoms with Crippen LogP contribution in [0.3, 0.4) is 0 Å². The molecule has 0 bridgehead atoms. The Morgan fingerprint density at radius 1 is 1.20 bits per heavy atom. The number of ether oxygens (including phenoxy) is 1. The number of nitrogens with zero attached hydrogens (tertiary/aromatic N) is 2. The van der Waals surface area contributed by atoms with E-state index in [9.17, 15) is 9.59 Å². The first-order valence-corrected chi connectivity index (χ1v) is 9.34. The summed E-state index contributed by atoms with van der Waals surface area (Å²) in [5, 5.41) is 0. The lowest BCUT2D eigenvalue weighted by Crippen LogP contribution is -2.54. The third-order valence-electron chi connectivity index (χ3n) is 6.34. The van der Waals surface area contributed by atoms with Crippen LogP contribution in [0.25, 0.3) is 0 Å². The molecule has 0 unspecified atom stereocenters. The summed E-state index contributed by atoms with van der Waals surface area (Å²) in [6.45, 7) is 2.14. The van der Waals surface area contributed by atoms with Crippen LogP contribution in [-0.4, -0.2) is 60.0 Å². The molecule has 25 heavy (non-hydrogen) atoms. The minimum Gasteiger partial charge on any atom is -0.368 e. The van der Waals surface area contributed by atoms with Gasteiger partial charge in [-0.05, 0) is 37.7 Å². The van der Waals surface area contributed by atoms with Gasteiger partial charge in [0.1, 0.15) is 6.10 Å². The highest BCUT2D eigenvalue weighted by atomic mass is 16.5. The van der Waals surface area contributed by atoms with E-state index in [1.54, 1.807) is 0 Å². The molecular weight excluding hydrogens is 316 g/mol. The number of rotatable bonds is 2. The van der Waals surface area contributed by atoms with Crippen molar-refractivity contribution < 1.29 is 14.3 Å². The van der Waals surface area contributed by atoms with Gasteiger partial charge in [0, 0.05) is 32.3 Å². The Hall–Kier alpha value is -1.88. The molecule has 2 amide bonds. The van der Waals surface area contributed by atoms with E-state index >= 15 is 0 Å². The number of piperidine rings is 1. The average Bonchev–Trinajstić information content (AvgIpc) is 3.27. The van der Waals surface area contributed by atoms with Crippen molar-refractivity contribution in [2.75, 3.05) is 26.7 Å². The molecule has 2 atom stereocenters. The highest BCUT2D eigenvalue weighted by Crippen LogP contribution is 2.44. The molecule has 3 aliphatic rings. The van der Waals surface area contributed by atoms with Gasteiger partial charge in [0.15, 0.2) is 0 Å². The molecule has 0 N–H and O–H groups in total. The van der Waals surface area contributed by atoms with Gasteiger partial charge >= 0.3 is 0 Å². The van der Waals surface area contributed by atoms with Crippen molar-refractivity contribution in [1.82, 2.24) is 9.80 Å². The van der Waals surface area contributed by atoms with Crippen molar-refractivity contribution in [2.45, 2.75) is 49.7 Å². The third kappa shape index (κ3) is 2.84. The molecule has 4 rings (SSSR count). The predicted octanol–water partition coefficient (Wildman–Crippen LogP) is 2.17. The van der Waals surface area contributed by atoms with E-state index in [0.717, 1.165) is 50.8 Å². The van der Waals surface area contributed by atoms with E-state index in [-0.39, 0.29) is 29.4 Å². The highest BCUT2D eigenvalue weighted by molar-refractivity contribution is 5.87. The maximum Gasteiger partial charge on any atom is 0.251 e. The zero-order valence-corrected chi connectivity index (χ0v) is 14.8. The van der Waals surface area contributed by atoms with Gasteiger partial charge in [-0.3, -0.25) is 9.59 Å². The molecule has 3 heterocycles. The lowest BCUT2D eigenvalue weighted by molar-refractivity contribution is -0.144. The van der Waals surface area contributed by atoms with E-state index < -0.39 is 0 Å². The molecule has 1 aromatic carbocycles. The summed E-state index contributed by atoms with van der Waals surface area (Å²) in [5.74, 6) is 0.302. The molecule has 0 radical (unpaired) electrons. The maximum absolute atomic E-state index is 12.8. The minimum atomic E-state index is -0.242. The van der Waals surface area contributed by atoms with E-state index in [2.05, 4.69) is 0 Å². The zero-order valence-electron chi connectivity index (χ0n) is 14.8. The predicted molar refractivity (Wildman–Crippen MR) is 94.1 cm³/mol. The molecule has 1 aromatic rings. The van der Waals surface area contributed by atoms with E-state index in [1.807, 2.05) is 47.2 Å². The Kier molecular flexibility index (Phi) is 4.28. The van der Waals surface area contributed by atoms with Crippen LogP contribution in [0.2, 0.25) is 0 Å². The second-order valence-electron chi connectivity index (χ2n) is 7.62. The van der Waals surface area contributed by atoms with E-state index in [0.29, 0.717) is 6.61 Å². The molecule has 3 aliphatic heterocycles. The van der Waals surface area contributed by atoms with Crippen LogP contribution >= 0.6 is 0 Å². The van der Waals surface area contributed by atoms with Crippen LogP contribution in [-0.2, 0) is 14.3 Å². The van der Waals surface area contributed by atoms with Crippen LogP contribution < -0.4 is 0 Å². The lowest BCUT2D eigenvalue weighted by Gasteiger charge is -2.43. The van der Waals surface area contributed by atoms with Gasteiger partial charge in [-0.15, -0.1) is 0 Å². The number of hydrogen-bond acceptors (Lipinski definition) is 3. The van der Waals surface area contributed by atoms with Crippen LogP contribution in [0.5, 0.6) is 0 Å². The van der Waals surface area contributed by atoms with E-state index in [4.69, 9.17) is 4.74 Å². The smallest absolute Gasteiger partial charge is 0.251 e. The third-order valence-corrected chi connectivity index (χ3v) is 6.34. The van der Waals surface area contributed by atoms with Gasteiger partial charge in [0.25, 0.3) is 5.91 Å². The molecule has 134 valence electrons. The average molecular weight is 342 g/mol. The summed E-state index contributed by atoms with van der Waals surface area (Å²) >= 11 is 0. The summed E-state index contributed by atoms with van der Waals surface area (Å²) in [7, 11) is 1.93. The highest BCUT2D eigenvalue weighted by Gasteiger charge is 2.51. The Morgan fingerprint density at radius 3 is 2.56 bits per heavy atom. The number of hydrogen-bond donors (Lipinski definition) is 0. The number of likely N-dealkylation sites (tertiary alicyclic amines) is 2. The summed E-state index contributed by atoms with van der Waals surface area (Å²) in [5.41, 5.74) is 0.999. The summed E-state index contributed by atoms with van der Waals surface area (Å²) < 4.78 is 5.54. The Labute approximate surface area is 148 Å². The second kappa shape index (κ2) is 6.45. The molecule has 0 aromatic heterocycles. The fourth-order valence-electron chi connectivity index (χ4n) is 4.68. The van der Waals surface area contributed by atoms with Crippen molar-refractivity contribution in [2.24, 2.45) is 0 Å². The molecule has 3 fully saturated rings. The second-order valence-corrected chi connectivity index (χ2v) is 7.62. The fourth-order valence-corrected chi connectivity index (χ4v) is 4.68. The summed E-state index contributed by atoms with van der Waals surface area (Å²) in [6, 6.07) is 10.1. The van der Waals surface area contributed by atoms with Crippen LogP contribution in [0.15, 0.2) is 30.3 Å². The summed E-state index contributed by atoms with van der Waals surface area (Å²) in [4.78, 5) is 29.3. The lowest BCUT2D eigenvalue weighted by atomic mass is 9.81. The van der Waals surface area contributed by atoms with Gasteiger partial charge in [0.2, 0.25) is 5.91 Å². The van der Waals surface area contributed by atoms with Crippen LogP contribution in [0, 0.1) is 0 Å². The van der Waals surface area contributed by atoms with Crippen molar-refractivity contribution >= 4 is 11.8 Å². The fraction of sp³-hybridized carbons (Fsp3) is 0.600. The zero-order chi connectivity index (χ0) is 17.4. The van der Waals surface area contributed by atoms with Crippen molar-refractivity contribution in [3.05, 3.63) is 35.9 Å². The number of carbonyl (C=O) groups excluding carboxylic acids is 2. The van der Waals surface area contributed by atoms with Crippen LogP contribution in [0.1, 0.15) is 43.6 Å². The van der Waals surface area contributed by atoms with Gasteiger partial charge in [-0.25, -0.2) is 0 Å². The van der Waals surface area contributed by atoms with Crippen LogP contribution in [0.4, 0.5) is 0 Å². The molecule has 3 saturated heterocycles. The number of likely N-dealkylation sites (N-methyl/N-ethyl adjacent to an activating group) is 1. The van der Waals surface area contributed by atoms with E-state index in [1.165, 1.54) is 0 Å².